The summed E-state index contributed by atoms with van der Waals surface area (Å²) in [6.07, 6.45) is 0. The summed E-state index contributed by atoms with van der Waals surface area (Å²) in [5, 5.41) is 0.422. The number of benzene rings is 1. The average molecular weight is 317 g/mol. The van der Waals surface area contributed by atoms with Crippen LogP contribution in [0.1, 0.15) is 27.7 Å². The molecule has 0 radical (unpaired) electrons. The maximum absolute atomic E-state index is 12.3. The van der Waals surface area contributed by atoms with Crippen LogP contribution < -0.4 is 10.5 Å². The maximum atomic E-state index is 12.3. The van der Waals surface area contributed by atoms with E-state index >= 15 is 0 Å². The summed E-state index contributed by atoms with van der Waals surface area (Å²) in [4.78, 5) is 0.0816. The Morgan fingerprint density at radius 1 is 1.25 bits per heavy atom. The van der Waals surface area contributed by atoms with Crippen molar-refractivity contribution in [1.82, 2.24) is 4.72 Å². The van der Waals surface area contributed by atoms with Gasteiger partial charge in [0, 0.05) is 11.6 Å². The minimum absolute atomic E-state index is 0.0816. The first-order chi connectivity index (χ1) is 9.00. The maximum Gasteiger partial charge on any atom is 0.242 e. The number of hydrogen-bond acceptors (Lipinski definition) is 3. The van der Waals surface area contributed by atoms with E-state index in [0.29, 0.717) is 17.5 Å². The molecule has 0 amide bonds. The van der Waals surface area contributed by atoms with Gasteiger partial charge < -0.3 is 5.73 Å². The molecule has 0 aromatic heterocycles. The number of nitrogens with two attached hydrogens (primary N) is 1. The third-order valence-electron chi connectivity index (χ3n) is 5.06. The molecule has 4 nitrogen and oxygen atoms in total. The second-order valence-electron chi connectivity index (χ2n) is 6.53. The van der Waals surface area contributed by atoms with Gasteiger partial charge in [-0.1, -0.05) is 39.3 Å². The highest BCUT2D eigenvalue weighted by Gasteiger charge is 2.64. The number of nitrogens with one attached hydrogen (secondary N) is 1. The Hall–Kier alpha value is -0.780. The highest BCUT2D eigenvalue weighted by molar-refractivity contribution is 7.89. The molecule has 1 aliphatic carbocycles. The van der Waals surface area contributed by atoms with E-state index in [-0.39, 0.29) is 21.4 Å². The minimum atomic E-state index is -3.60. The van der Waals surface area contributed by atoms with Gasteiger partial charge in [-0.25, -0.2) is 13.1 Å². The summed E-state index contributed by atoms with van der Waals surface area (Å²) >= 11 is 5.78. The van der Waals surface area contributed by atoms with E-state index in [1.54, 1.807) is 0 Å². The lowest BCUT2D eigenvalue weighted by Gasteiger charge is -2.10. The topological polar surface area (TPSA) is 72.2 Å². The Kier molecular flexibility index (Phi) is 3.60. The molecular formula is C14H21ClN2O2S. The van der Waals surface area contributed by atoms with Crippen LogP contribution in [0.5, 0.6) is 0 Å². The predicted molar refractivity (Wildman–Crippen MR) is 82.1 cm³/mol. The zero-order chi connectivity index (χ0) is 15.3. The van der Waals surface area contributed by atoms with Crippen molar-refractivity contribution in [3.63, 3.8) is 0 Å². The van der Waals surface area contributed by atoms with Crippen molar-refractivity contribution in [3.8, 4) is 0 Å². The first-order valence-electron chi connectivity index (χ1n) is 6.55. The minimum Gasteiger partial charge on any atom is -0.398 e. The van der Waals surface area contributed by atoms with Crippen LogP contribution in [-0.4, -0.2) is 15.0 Å². The molecule has 0 spiro atoms. The van der Waals surface area contributed by atoms with Crippen LogP contribution >= 0.6 is 11.6 Å². The van der Waals surface area contributed by atoms with Crippen molar-refractivity contribution in [3.05, 3.63) is 23.2 Å². The molecule has 112 valence electrons. The predicted octanol–water partition coefficient (Wildman–Crippen LogP) is 2.88. The highest BCUT2D eigenvalue weighted by atomic mass is 35.5. The third-order valence-corrected chi connectivity index (χ3v) is 6.79. The van der Waals surface area contributed by atoms with Crippen LogP contribution in [0, 0.1) is 16.7 Å². The van der Waals surface area contributed by atoms with Crippen molar-refractivity contribution >= 4 is 27.3 Å². The molecule has 2 rings (SSSR count). The average Bonchev–Trinajstić information content (AvgIpc) is 2.66. The molecular weight excluding hydrogens is 296 g/mol. The summed E-state index contributed by atoms with van der Waals surface area (Å²) in [6.45, 7) is 9.04. The van der Waals surface area contributed by atoms with Crippen molar-refractivity contribution in [2.24, 2.45) is 16.7 Å². The zero-order valence-electron chi connectivity index (χ0n) is 12.2. The lowest BCUT2D eigenvalue weighted by atomic mass is 10.0. The van der Waals surface area contributed by atoms with Crippen LogP contribution in [-0.2, 0) is 10.0 Å². The van der Waals surface area contributed by atoms with Gasteiger partial charge in [0.05, 0.1) is 5.69 Å². The highest BCUT2D eigenvalue weighted by Crippen LogP contribution is 2.67. The smallest absolute Gasteiger partial charge is 0.242 e. The van der Waals surface area contributed by atoms with Gasteiger partial charge in [0.25, 0.3) is 0 Å². The first kappa shape index (κ1) is 15.6. The largest absolute Gasteiger partial charge is 0.398 e. The summed E-state index contributed by atoms with van der Waals surface area (Å²) < 4.78 is 27.2. The van der Waals surface area contributed by atoms with Crippen LogP contribution in [0.2, 0.25) is 5.02 Å². The number of sulfonamides is 1. The Labute approximate surface area is 125 Å². The van der Waals surface area contributed by atoms with Crippen LogP contribution in [0.15, 0.2) is 23.1 Å². The van der Waals surface area contributed by atoms with Crippen LogP contribution in [0.3, 0.4) is 0 Å². The quantitative estimate of drug-likeness (QED) is 0.839. The van der Waals surface area contributed by atoms with Crippen molar-refractivity contribution < 1.29 is 8.42 Å². The van der Waals surface area contributed by atoms with Gasteiger partial charge in [0.1, 0.15) is 4.90 Å². The van der Waals surface area contributed by atoms with Gasteiger partial charge >= 0.3 is 0 Å². The number of nitrogen functional groups attached to an aromatic ring is 1. The fourth-order valence-electron chi connectivity index (χ4n) is 2.88. The number of hydrogen-bond donors (Lipinski definition) is 2. The monoisotopic (exact) mass is 316 g/mol. The molecule has 1 aromatic rings. The van der Waals surface area contributed by atoms with E-state index < -0.39 is 10.0 Å². The molecule has 1 aromatic carbocycles. The molecule has 1 aliphatic rings. The molecule has 0 heterocycles. The zero-order valence-corrected chi connectivity index (χ0v) is 13.8. The van der Waals surface area contributed by atoms with E-state index in [2.05, 4.69) is 32.4 Å². The van der Waals surface area contributed by atoms with Crippen molar-refractivity contribution in [2.75, 3.05) is 12.3 Å². The number of halogens is 1. The molecule has 0 saturated heterocycles. The summed E-state index contributed by atoms with van der Waals surface area (Å²) in [5.74, 6) is 0.318. The molecule has 0 unspecified atom stereocenters. The number of rotatable bonds is 4. The fraction of sp³-hybridized carbons (Fsp3) is 0.571. The van der Waals surface area contributed by atoms with Gasteiger partial charge in [-0.3, -0.25) is 0 Å². The molecule has 3 N–H and O–H groups in total. The third kappa shape index (κ3) is 2.43. The lowest BCUT2D eigenvalue weighted by molar-refractivity contribution is 0.457. The molecule has 1 saturated carbocycles. The standard InChI is InChI=1S/C14H21ClN2O2S/c1-13(2)12(14(13,3)4)8-17-20(18,19)11-6-5-9(15)7-10(11)16/h5-7,12,17H,8,16H2,1-4H3. The van der Waals surface area contributed by atoms with E-state index in [1.165, 1.54) is 18.2 Å². The Morgan fingerprint density at radius 3 is 2.25 bits per heavy atom. The van der Waals surface area contributed by atoms with Crippen molar-refractivity contribution in [2.45, 2.75) is 32.6 Å². The fourth-order valence-corrected chi connectivity index (χ4v) is 4.22. The van der Waals surface area contributed by atoms with Crippen LogP contribution in [0.25, 0.3) is 0 Å². The Morgan fingerprint density at radius 2 is 1.80 bits per heavy atom. The SMILES string of the molecule is CC1(C)C(CNS(=O)(=O)c2ccc(Cl)cc2N)C1(C)C. The lowest BCUT2D eigenvalue weighted by Crippen LogP contribution is -2.28. The number of anilines is 1. The Bertz CT molecular complexity index is 625. The van der Waals surface area contributed by atoms with E-state index in [0.717, 1.165) is 0 Å². The summed E-state index contributed by atoms with van der Waals surface area (Å²) in [7, 11) is -3.60. The normalized spacial score (nSPS) is 20.9. The van der Waals surface area contributed by atoms with E-state index in [1.807, 2.05) is 0 Å². The second kappa shape index (κ2) is 4.61. The van der Waals surface area contributed by atoms with Crippen molar-refractivity contribution in [1.29, 1.82) is 0 Å². The van der Waals surface area contributed by atoms with E-state index in [9.17, 15) is 8.42 Å². The molecule has 0 atom stereocenters. The molecule has 1 fully saturated rings. The van der Waals surface area contributed by atoms with Gasteiger partial charge in [-0.05, 0) is 34.9 Å². The second-order valence-corrected chi connectivity index (χ2v) is 8.70. The Balaban J connectivity index is 2.14. The van der Waals surface area contributed by atoms with Gasteiger partial charge in [-0.15, -0.1) is 0 Å². The van der Waals surface area contributed by atoms with Gasteiger partial charge in [0.2, 0.25) is 10.0 Å². The summed E-state index contributed by atoms with van der Waals surface area (Å²) in [5.41, 5.74) is 6.18. The van der Waals surface area contributed by atoms with E-state index in [4.69, 9.17) is 17.3 Å². The van der Waals surface area contributed by atoms with Gasteiger partial charge in [-0.2, -0.15) is 0 Å². The van der Waals surface area contributed by atoms with Crippen LogP contribution in [0.4, 0.5) is 5.69 Å². The molecule has 0 aliphatic heterocycles. The molecule has 0 bridgehead atoms. The van der Waals surface area contributed by atoms with Gasteiger partial charge in [0.15, 0.2) is 0 Å². The first-order valence-corrected chi connectivity index (χ1v) is 8.41. The molecule has 20 heavy (non-hydrogen) atoms. The summed E-state index contributed by atoms with van der Waals surface area (Å²) in [6, 6.07) is 4.40. The molecule has 6 heteroatoms.